The number of pyridine rings is 1. The summed E-state index contributed by atoms with van der Waals surface area (Å²) >= 11 is 0. The Morgan fingerprint density at radius 3 is 2.76 bits per heavy atom. The van der Waals surface area contributed by atoms with Crippen LogP contribution in [-0.4, -0.2) is 7.41 Å². The molecule has 2 rings (SSSR count). The lowest BCUT2D eigenvalue weighted by Crippen LogP contribution is -2.38. The maximum Gasteiger partial charge on any atom is 0.536 e. The Bertz CT molecular complexity index is 544. The quantitative estimate of drug-likeness (QED) is 0.703. The molecule has 2 heteroatoms. The molecule has 1 radical (unpaired) electrons. The lowest BCUT2D eigenvalue weighted by molar-refractivity contribution is -0.498. The van der Waals surface area contributed by atoms with E-state index in [1.165, 1.54) is 16.5 Å². The highest BCUT2D eigenvalue weighted by molar-refractivity contribution is 6.23. The summed E-state index contributed by atoms with van der Waals surface area (Å²) in [6.07, 6.45) is 6.49. The maximum absolute atomic E-state index is 2.23. The molecule has 1 aromatic carbocycles. The number of allylic oxidation sites excluding steroid dienone is 1. The van der Waals surface area contributed by atoms with Gasteiger partial charge in [0, 0.05) is 17.5 Å². The fourth-order valence-electron chi connectivity index (χ4n) is 1.89. The smallest absolute Gasteiger partial charge is 0.285 e. The number of aromatic nitrogens is 1. The number of nitrogens with zero attached hydrogens (tertiary/aromatic N) is 1. The van der Waals surface area contributed by atoms with Gasteiger partial charge in [0.1, 0.15) is 6.20 Å². The summed E-state index contributed by atoms with van der Waals surface area (Å²) in [5.41, 5.74) is 2.51. The molecule has 0 aliphatic heterocycles. The van der Waals surface area contributed by atoms with Gasteiger partial charge in [-0.15, -0.1) is 0 Å². The predicted molar refractivity (Wildman–Crippen MR) is 75.0 cm³/mol. The van der Waals surface area contributed by atoms with Gasteiger partial charge in [-0.2, -0.15) is 0 Å². The summed E-state index contributed by atoms with van der Waals surface area (Å²) in [7, 11) is 2.08. The van der Waals surface area contributed by atoms with Gasteiger partial charge in [-0.3, -0.25) is 4.48 Å². The van der Waals surface area contributed by atoms with Crippen molar-refractivity contribution in [2.24, 2.45) is 5.92 Å². The SMILES string of the molecule is C[B][n+]1cccc2cc(/C=C/C(C)C)ccc21. The molecule has 1 heterocycles. The van der Waals surface area contributed by atoms with Crippen LogP contribution in [0, 0.1) is 5.92 Å². The Balaban J connectivity index is 2.45. The minimum atomic E-state index is 0.593. The minimum absolute atomic E-state index is 0.593. The van der Waals surface area contributed by atoms with Crippen LogP contribution in [0.15, 0.2) is 42.6 Å². The highest BCUT2D eigenvalue weighted by Crippen LogP contribution is 2.14. The van der Waals surface area contributed by atoms with Crippen LogP contribution in [-0.2, 0) is 0 Å². The molecule has 85 valence electrons. The van der Waals surface area contributed by atoms with Crippen molar-refractivity contribution in [2.75, 3.05) is 0 Å². The van der Waals surface area contributed by atoms with Gasteiger partial charge in [-0.05, 0) is 36.5 Å². The zero-order chi connectivity index (χ0) is 12.3. The van der Waals surface area contributed by atoms with Gasteiger partial charge < -0.3 is 0 Å². The number of benzene rings is 1. The average Bonchev–Trinajstić information content (AvgIpc) is 2.35. The van der Waals surface area contributed by atoms with Gasteiger partial charge in [0.25, 0.3) is 0 Å². The van der Waals surface area contributed by atoms with Crippen molar-refractivity contribution in [3.8, 4) is 0 Å². The van der Waals surface area contributed by atoms with Crippen LogP contribution in [0.1, 0.15) is 19.4 Å². The Morgan fingerprint density at radius 2 is 2.06 bits per heavy atom. The molecule has 17 heavy (non-hydrogen) atoms. The van der Waals surface area contributed by atoms with E-state index in [9.17, 15) is 0 Å². The first kappa shape index (κ1) is 11.9. The highest BCUT2D eigenvalue weighted by atomic mass is 14.8. The first-order chi connectivity index (χ1) is 8.20. The van der Waals surface area contributed by atoms with Crippen LogP contribution >= 0.6 is 0 Å². The van der Waals surface area contributed by atoms with Crippen molar-refractivity contribution in [1.29, 1.82) is 0 Å². The van der Waals surface area contributed by atoms with E-state index in [0.29, 0.717) is 5.92 Å². The van der Waals surface area contributed by atoms with E-state index >= 15 is 0 Å². The van der Waals surface area contributed by atoms with E-state index in [0.717, 1.165) is 0 Å². The molecule has 0 saturated carbocycles. The molecular weight excluding hydrogens is 205 g/mol. The molecule has 1 aromatic heterocycles. The number of hydrogen-bond donors (Lipinski definition) is 0. The van der Waals surface area contributed by atoms with Crippen LogP contribution in [0.25, 0.3) is 17.0 Å². The minimum Gasteiger partial charge on any atom is -0.285 e. The average molecular weight is 223 g/mol. The predicted octanol–water partition coefficient (Wildman–Crippen LogP) is 3.31. The zero-order valence-corrected chi connectivity index (χ0v) is 10.7. The molecule has 1 nitrogen and oxygen atoms in total. The first-order valence-electron chi connectivity index (χ1n) is 6.12. The van der Waals surface area contributed by atoms with Crippen LogP contribution in [0.3, 0.4) is 0 Å². The van der Waals surface area contributed by atoms with Crippen LogP contribution in [0.2, 0.25) is 6.82 Å². The van der Waals surface area contributed by atoms with Gasteiger partial charge in [0.05, 0.1) is 0 Å². The summed E-state index contributed by atoms with van der Waals surface area (Å²) in [4.78, 5) is 0. The monoisotopic (exact) mass is 223 g/mol. The van der Waals surface area contributed by atoms with E-state index in [1.807, 2.05) is 6.82 Å². The van der Waals surface area contributed by atoms with Crippen molar-refractivity contribution >= 4 is 24.4 Å². The molecule has 0 bridgehead atoms. The largest absolute Gasteiger partial charge is 0.536 e. The second kappa shape index (κ2) is 5.18. The fourth-order valence-corrected chi connectivity index (χ4v) is 1.89. The molecule has 0 N–H and O–H groups in total. The molecule has 0 aliphatic rings. The maximum atomic E-state index is 2.23. The molecule has 0 unspecified atom stereocenters. The van der Waals surface area contributed by atoms with E-state index < -0.39 is 0 Å². The number of rotatable bonds is 3. The standard InChI is InChI=1S/C15H18BN/c1-12(2)6-7-13-8-9-15-14(11-13)5-4-10-17(15)16-3/h4-12H,1-3H3/q+1/b7-6+. The third-order valence-corrected chi connectivity index (χ3v) is 2.80. The number of fused-ring (bicyclic) bond motifs is 1. The third kappa shape index (κ3) is 2.76. The Labute approximate surface area is 104 Å². The van der Waals surface area contributed by atoms with Crippen molar-refractivity contribution in [3.05, 3.63) is 48.2 Å². The van der Waals surface area contributed by atoms with Crippen LogP contribution in [0.5, 0.6) is 0 Å². The summed E-state index contributed by atoms with van der Waals surface area (Å²) in [5.74, 6) is 0.593. The van der Waals surface area contributed by atoms with Crippen molar-refractivity contribution in [3.63, 3.8) is 0 Å². The van der Waals surface area contributed by atoms with Crippen LogP contribution < -0.4 is 4.48 Å². The topological polar surface area (TPSA) is 3.88 Å². The van der Waals surface area contributed by atoms with E-state index in [1.54, 1.807) is 0 Å². The molecule has 0 amide bonds. The molecule has 0 saturated heterocycles. The van der Waals surface area contributed by atoms with Gasteiger partial charge >= 0.3 is 7.41 Å². The Morgan fingerprint density at radius 1 is 1.24 bits per heavy atom. The van der Waals surface area contributed by atoms with E-state index in [2.05, 4.69) is 74.4 Å². The third-order valence-electron chi connectivity index (χ3n) is 2.80. The molecule has 0 atom stereocenters. The van der Waals surface area contributed by atoms with Gasteiger partial charge in [-0.1, -0.05) is 26.0 Å². The molecule has 0 aliphatic carbocycles. The normalized spacial score (nSPS) is 11.5. The Kier molecular flexibility index (Phi) is 3.63. The molecule has 0 spiro atoms. The van der Waals surface area contributed by atoms with Crippen molar-refractivity contribution < 1.29 is 4.48 Å². The Hall–Kier alpha value is -1.57. The molecule has 0 fully saturated rings. The zero-order valence-electron chi connectivity index (χ0n) is 10.7. The number of hydrogen-bond acceptors (Lipinski definition) is 0. The second-order valence-electron chi connectivity index (χ2n) is 4.60. The summed E-state index contributed by atoms with van der Waals surface area (Å²) in [6.45, 7) is 6.43. The van der Waals surface area contributed by atoms with Crippen molar-refractivity contribution in [1.82, 2.24) is 0 Å². The van der Waals surface area contributed by atoms with Gasteiger partial charge in [-0.25, -0.2) is 0 Å². The molecule has 2 aromatic rings. The van der Waals surface area contributed by atoms with Crippen molar-refractivity contribution in [2.45, 2.75) is 20.7 Å². The van der Waals surface area contributed by atoms with Gasteiger partial charge in [0.2, 0.25) is 0 Å². The lowest BCUT2D eigenvalue weighted by Gasteiger charge is -2.00. The van der Waals surface area contributed by atoms with Crippen LogP contribution in [0.4, 0.5) is 0 Å². The second-order valence-corrected chi connectivity index (χ2v) is 4.60. The summed E-state index contributed by atoms with van der Waals surface area (Å²) in [5, 5.41) is 1.27. The summed E-state index contributed by atoms with van der Waals surface area (Å²) < 4.78 is 2.14. The summed E-state index contributed by atoms with van der Waals surface area (Å²) in [6, 6.07) is 10.8. The lowest BCUT2D eigenvalue weighted by atomic mass is 9.97. The van der Waals surface area contributed by atoms with E-state index in [-0.39, 0.29) is 0 Å². The van der Waals surface area contributed by atoms with Gasteiger partial charge in [0.15, 0.2) is 5.52 Å². The van der Waals surface area contributed by atoms with E-state index in [4.69, 9.17) is 0 Å². The highest BCUT2D eigenvalue weighted by Gasteiger charge is 2.07. The first-order valence-corrected chi connectivity index (χ1v) is 6.12. The fraction of sp³-hybridized carbons (Fsp3) is 0.267. The molecular formula is C15H18BN+.